The Bertz CT molecular complexity index is 1920. The number of aromatic carboxylic acids is 1. The van der Waals surface area contributed by atoms with Crippen molar-refractivity contribution in [1.82, 2.24) is 14.9 Å². The Morgan fingerprint density at radius 2 is 1.58 bits per heavy atom. The fourth-order valence-electron chi connectivity index (χ4n) is 5.35. The van der Waals surface area contributed by atoms with Gasteiger partial charge in [-0.2, -0.15) is 0 Å². The number of hydrogen-bond acceptors (Lipinski definition) is 5. The SMILES string of the molecule is CCCCn1cc(-c2ccc(Cl)cc2Cl)nc1[C@H](Cc1ccc(OCc2ccc(C(=O)O)cc2)cc1)NC(=O)/C=C/c1ccc(OCC)cc1. The number of carboxylic acids is 1. The van der Waals surface area contributed by atoms with Crippen LogP contribution in [-0.4, -0.2) is 33.1 Å². The van der Waals surface area contributed by atoms with Gasteiger partial charge in [-0.05, 0) is 97.1 Å². The fraction of sp³-hybridized carbons (Fsp3) is 0.225. The molecule has 2 N–H and O–H groups in total. The highest BCUT2D eigenvalue weighted by Crippen LogP contribution is 2.32. The van der Waals surface area contributed by atoms with Gasteiger partial charge in [-0.15, -0.1) is 0 Å². The molecule has 4 aromatic carbocycles. The van der Waals surface area contributed by atoms with E-state index in [-0.39, 0.29) is 11.5 Å². The highest BCUT2D eigenvalue weighted by Gasteiger charge is 2.23. The summed E-state index contributed by atoms with van der Waals surface area (Å²) in [6.07, 6.45) is 7.67. The van der Waals surface area contributed by atoms with Gasteiger partial charge in [0.05, 0.1) is 28.9 Å². The van der Waals surface area contributed by atoms with Gasteiger partial charge in [-0.25, -0.2) is 9.78 Å². The van der Waals surface area contributed by atoms with E-state index in [1.54, 1.807) is 42.5 Å². The van der Waals surface area contributed by atoms with Crippen molar-refractivity contribution in [3.63, 3.8) is 0 Å². The lowest BCUT2D eigenvalue weighted by atomic mass is 10.0. The Balaban J connectivity index is 1.39. The molecule has 0 unspecified atom stereocenters. The molecular formula is C40H39Cl2N3O5. The van der Waals surface area contributed by atoms with Crippen molar-refractivity contribution in [1.29, 1.82) is 0 Å². The number of aryl methyl sites for hydroxylation is 1. The van der Waals surface area contributed by atoms with Crippen LogP contribution in [-0.2, 0) is 24.4 Å². The minimum Gasteiger partial charge on any atom is -0.494 e. The van der Waals surface area contributed by atoms with Gasteiger partial charge in [0.2, 0.25) is 5.91 Å². The quantitative estimate of drug-likeness (QED) is 0.0989. The van der Waals surface area contributed by atoms with Gasteiger partial charge in [0, 0.05) is 29.4 Å². The van der Waals surface area contributed by atoms with Crippen LogP contribution in [0.15, 0.2) is 103 Å². The second kappa shape index (κ2) is 17.6. The minimum absolute atomic E-state index is 0.227. The van der Waals surface area contributed by atoms with Crippen LogP contribution in [0.2, 0.25) is 10.0 Å². The number of ether oxygens (including phenoxy) is 2. The molecule has 1 aromatic heterocycles. The van der Waals surface area contributed by atoms with Crippen molar-refractivity contribution in [3.8, 4) is 22.8 Å². The summed E-state index contributed by atoms with van der Waals surface area (Å²) in [5.41, 5.74) is 4.38. The largest absolute Gasteiger partial charge is 0.494 e. The van der Waals surface area contributed by atoms with Crippen LogP contribution in [0, 0.1) is 0 Å². The topological polar surface area (TPSA) is 103 Å². The third-order valence-electron chi connectivity index (χ3n) is 7.98. The highest BCUT2D eigenvalue weighted by atomic mass is 35.5. The lowest BCUT2D eigenvalue weighted by Gasteiger charge is -2.20. The molecule has 0 bridgehead atoms. The van der Waals surface area contributed by atoms with E-state index in [2.05, 4.69) is 16.8 Å². The van der Waals surface area contributed by atoms with Crippen molar-refractivity contribution in [3.05, 3.63) is 141 Å². The number of rotatable bonds is 16. The van der Waals surface area contributed by atoms with Crippen LogP contribution in [0.4, 0.5) is 0 Å². The van der Waals surface area contributed by atoms with Gasteiger partial charge in [0.1, 0.15) is 23.9 Å². The summed E-state index contributed by atoms with van der Waals surface area (Å²) in [5.74, 6) is 0.930. The van der Waals surface area contributed by atoms with Gasteiger partial charge >= 0.3 is 5.97 Å². The Morgan fingerprint density at radius 1 is 0.900 bits per heavy atom. The normalized spacial score (nSPS) is 11.8. The van der Waals surface area contributed by atoms with Crippen LogP contribution in [0.3, 0.4) is 0 Å². The van der Waals surface area contributed by atoms with Crippen molar-refractivity contribution < 1.29 is 24.2 Å². The first-order valence-electron chi connectivity index (χ1n) is 16.5. The smallest absolute Gasteiger partial charge is 0.335 e. The highest BCUT2D eigenvalue weighted by molar-refractivity contribution is 6.36. The third kappa shape index (κ3) is 10.00. The summed E-state index contributed by atoms with van der Waals surface area (Å²) < 4.78 is 13.6. The number of carbonyl (C=O) groups is 2. The summed E-state index contributed by atoms with van der Waals surface area (Å²) in [6.45, 7) is 5.67. The zero-order valence-corrected chi connectivity index (χ0v) is 29.5. The van der Waals surface area contributed by atoms with E-state index in [9.17, 15) is 9.59 Å². The van der Waals surface area contributed by atoms with E-state index in [0.717, 1.165) is 47.4 Å². The minimum atomic E-state index is -0.968. The first-order valence-corrected chi connectivity index (χ1v) is 17.3. The second-order valence-electron chi connectivity index (χ2n) is 11.7. The number of unbranched alkanes of at least 4 members (excludes halogenated alkanes) is 1. The van der Waals surface area contributed by atoms with Crippen LogP contribution in [0.5, 0.6) is 11.5 Å². The van der Waals surface area contributed by atoms with Gasteiger partial charge in [-0.3, -0.25) is 4.79 Å². The maximum Gasteiger partial charge on any atom is 0.335 e. The van der Waals surface area contributed by atoms with Crippen LogP contribution in [0.25, 0.3) is 17.3 Å². The zero-order chi connectivity index (χ0) is 35.5. The van der Waals surface area contributed by atoms with Gasteiger partial charge in [0.25, 0.3) is 0 Å². The van der Waals surface area contributed by atoms with Crippen molar-refractivity contribution in [2.75, 3.05) is 6.61 Å². The third-order valence-corrected chi connectivity index (χ3v) is 8.53. The molecule has 0 saturated heterocycles. The molecule has 0 radical (unpaired) electrons. The molecular weight excluding hydrogens is 673 g/mol. The maximum atomic E-state index is 13.4. The molecule has 0 fully saturated rings. The van der Waals surface area contributed by atoms with Crippen LogP contribution in [0.1, 0.15) is 65.6 Å². The molecule has 8 nitrogen and oxygen atoms in total. The predicted molar refractivity (Wildman–Crippen MR) is 198 cm³/mol. The molecule has 1 amide bonds. The van der Waals surface area contributed by atoms with E-state index >= 15 is 0 Å². The number of amides is 1. The second-order valence-corrected chi connectivity index (χ2v) is 12.5. The number of halogens is 2. The lowest BCUT2D eigenvalue weighted by Crippen LogP contribution is -2.30. The summed E-state index contributed by atoms with van der Waals surface area (Å²) in [4.78, 5) is 29.6. The Morgan fingerprint density at radius 3 is 2.24 bits per heavy atom. The van der Waals surface area contributed by atoms with Crippen molar-refractivity contribution >= 4 is 41.2 Å². The van der Waals surface area contributed by atoms with Gasteiger partial charge < -0.3 is 24.5 Å². The molecule has 5 rings (SSSR count). The molecule has 258 valence electrons. The number of aromatic nitrogens is 2. The Hall–Kier alpha value is -5.05. The molecule has 50 heavy (non-hydrogen) atoms. The predicted octanol–water partition coefficient (Wildman–Crippen LogP) is 9.45. The van der Waals surface area contributed by atoms with Crippen molar-refractivity contribution in [2.45, 2.75) is 52.3 Å². The van der Waals surface area contributed by atoms with E-state index < -0.39 is 12.0 Å². The molecule has 5 aromatic rings. The number of carbonyl (C=O) groups excluding carboxylic acids is 1. The van der Waals surface area contributed by atoms with E-state index in [4.69, 9.17) is 42.8 Å². The van der Waals surface area contributed by atoms with Gasteiger partial charge in [0.15, 0.2) is 0 Å². The number of imidazole rings is 1. The maximum absolute atomic E-state index is 13.4. The first-order chi connectivity index (χ1) is 24.2. The van der Waals surface area contributed by atoms with E-state index in [0.29, 0.717) is 46.9 Å². The summed E-state index contributed by atoms with van der Waals surface area (Å²) in [6, 6.07) is 26.7. The lowest BCUT2D eigenvalue weighted by molar-refractivity contribution is -0.117. The zero-order valence-electron chi connectivity index (χ0n) is 27.9. The number of hydrogen-bond donors (Lipinski definition) is 2. The molecule has 0 aliphatic rings. The standard InChI is InChI=1S/C40H39Cl2N3O5/c1-3-5-22-45-25-37(34-20-15-31(41)24-35(34)42)44-39(45)36(43-38(46)21-12-27-8-16-32(17-9-27)49-4-2)23-28-10-18-33(19-11-28)50-26-29-6-13-30(14-7-29)40(47)48/h6-21,24-25,36H,3-5,22-23,26H2,1-2H3,(H,43,46)(H,47,48)/b21-12+/t36-/m0/s1. The Kier molecular flexibility index (Phi) is 12.7. The number of carboxylic acid groups (broad SMARTS) is 1. The molecule has 1 heterocycles. The summed E-state index contributed by atoms with van der Waals surface area (Å²) in [7, 11) is 0. The van der Waals surface area contributed by atoms with E-state index in [1.165, 1.54) is 6.08 Å². The molecule has 1 atom stereocenters. The van der Waals surface area contributed by atoms with Crippen molar-refractivity contribution in [2.24, 2.45) is 0 Å². The van der Waals surface area contributed by atoms with Crippen LogP contribution < -0.4 is 14.8 Å². The molecule has 0 aliphatic heterocycles. The average Bonchev–Trinajstić information content (AvgIpc) is 3.54. The molecule has 0 aliphatic carbocycles. The van der Waals surface area contributed by atoms with Crippen LogP contribution >= 0.6 is 23.2 Å². The molecule has 0 spiro atoms. The molecule has 10 heteroatoms. The Labute approximate surface area is 302 Å². The number of benzene rings is 4. The molecule has 0 saturated carbocycles. The average molecular weight is 713 g/mol. The number of nitrogens with zero attached hydrogens (tertiary/aromatic N) is 2. The summed E-state index contributed by atoms with van der Waals surface area (Å²) >= 11 is 12.8. The van der Waals surface area contributed by atoms with E-state index in [1.807, 2.05) is 67.7 Å². The fourth-order valence-corrected chi connectivity index (χ4v) is 5.86. The first kappa shape index (κ1) is 36.2. The number of nitrogens with one attached hydrogen (secondary N) is 1. The van der Waals surface area contributed by atoms with Gasteiger partial charge in [-0.1, -0.05) is 72.9 Å². The summed E-state index contributed by atoms with van der Waals surface area (Å²) in [5, 5.41) is 13.4. The monoisotopic (exact) mass is 711 g/mol.